The van der Waals surface area contributed by atoms with E-state index in [4.69, 9.17) is 11.6 Å². The monoisotopic (exact) mass is 344 g/mol. The number of amides is 1. The molecule has 1 fully saturated rings. The smallest absolute Gasteiger partial charge is 0.261 e. The number of rotatable bonds is 2. The normalized spacial score (nSPS) is 20.7. The molecule has 1 unspecified atom stereocenters. The van der Waals surface area contributed by atoms with Crippen molar-refractivity contribution in [3.05, 3.63) is 40.9 Å². The minimum absolute atomic E-state index is 0.123. The van der Waals surface area contributed by atoms with Crippen LogP contribution in [0.3, 0.4) is 0 Å². The Hall–Kier alpha value is -2.34. The summed E-state index contributed by atoms with van der Waals surface area (Å²) in [6, 6.07) is 6.98. The number of fused-ring (bicyclic) bond motifs is 1. The Balaban J connectivity index is 1.76. The number of carbonyl (C=O) groups is 1. The molecule has 0 aliphatic carbocycles. The molecule has 6 nitrogen and oxygen atoms in total. The lowest BCUT2D eigenvalue weighted by Gasteiger charge is -2.29. The van der Waals surface area contributed by atoms with Gasteiger partial charge in [-0.2, -0.15) is 5.10 Å². The highest BCUT2D eigenvalue weighted by atomic mass is 35.5. The van der Waals surface area contributed by atoms with Gasteiger partial charge >= 0.3 is 0 Å². The summed E-state index contributed by atoms with van der Waals surface area (Å²) >= 11 is 5.91. The fraction of sp³-hybridized carbons (Fsp3) is 0.353. The number of benzene rings is 1. The molecule has 4 rings (SSSR count). The van der Waals surface area contributed by atoms with E-state index in [2.05, 4.69) is 10.1 Å². The molecule has 2 aliphatic heterocycles. The molecule has 24 heavy (non-hydrogen) atoms. The van der Waals surface area contributed by atoms with Crippen LogP contribution in [0, 0.1) is 0 Å². The number of aliphatic hydroxyl groups excluding tert-OH is 1. The van der Waals surface area contributed by atoms with Crippen LogP contribution < -0.4 is 0 Å². The molecule has 3 heterocycles. The quantitative estimate of drug-likeness (QED) is 0.909. The van der Waals surface area contributed by atoms with Crippen molar-refractivity contribution in [2.75, 3.05) is 6.54 Å². The highest BCUT2D eigenvalue weighted by Crippen LogP contribution is 2.36. The molecule has 0 saturated carbocycles. The Morgan fingerprint density at radius 3 is 2.71 bits per heavy atom. The van der Waals surface area contributed by atoms with Crippen LogP contribution in [0.15, 0.2) is 30.0 Å². The van der Waals surface area contributed by atoms with Gasteiger partial charge in [0.25, 0.3) is 5.91 Å². The van der Waals surface area contributed by atoms with Crippen LogP contribution in [-0.2, 0) is 11.8 Å². The lowest BCUT2D eigenvalue weighted by Crippen LogP contribution is -2.39. The van der Waals surface area contributed by atoms with Crippen molar-refractivity contribution in [1.82, 2.24) is 19.7 Å². The van der Waals surface area contributed by atoms with E-state index < -0.39 is 0 Å². The number of hydrogen-bond donors (Lipinski definition) is 1. The van der Waals surface area contributed by atoms with E-state index in [1.807, 2.05) is 12.1 Å². The average molecular weight is 345 g/mol. The van der Waals surface area contributed by atoms with E-state index in [0.29, 0.717) is 23.2 Å². The van der Waals surface area contributed by atoms with Gasteiger partial charge in [0.2, 0.25) is 0 Å². The number of carbonyl (C=O) groups excluding carboxylic acids is 1. The van der Waals surface area contributed by atoms with Crippen molar-refractivity contribution in [2.45, 2.75) is 25.3 Å². The molecule has 1 amide bonds. The lowest BCUT2D eigenvalue weighted by molar-refractivity contribution is -0.126. The zero-order chi connectivity index (χ0) is 16.8. The van der Waals surface area contributed by atoms with Crippen molar-refractivity contribution in [3.8, 4) is 11.4 Å². The number of nitrogens with zero attached hydrogens (tertiary/aromatic N) is 4. The van der Waals surface area contributed by atoms with Crippen LogP contribution in [0.5, 0.6) is 0 Å². The van der Waals surface area contributed by atoms with E-state index in [0.717, 1.165) is 24.8 Å². The molecule has 2 aliphatic rings. The van der Waals surface area contributed by atoms with Gasteiger partial charge in [0.15, 0.2) is 11.6 Å². The Morgan fingerprint density at radius 1 is 1.25 bits per heavy atom. The van der Waals surface area contributed by atoms with Crippen LogP contribution >= 0.6 is 11.6 Å². The summed E-state index contributed by atoms with van der Waals surface area (Å²) in [6.07, 6.45) is 2.78. The summed E-state index contributed by atoms with van der Waals surface area (Å²) in [6.45, 7) is 0.680. The van der Waals surface area contributed by atoms with Crippen molar-refractivity contribution in [2.24, 2.45) is 7.05 Å². The third-order valence-corrected chi connectivity index (χ3v) is 4.89. The van der Waals surface area contributed by atoms with Crippen molar-refractivity contribution in [3.63, 3.8) is 0 Å². The van der Waals surface area contributed by atoms with Crippen LogP contribution in [0.25, 0.3) is 17.0 Å². The first-order valence-corrected chi connectivity index (χ1v) is 8.35. The third-order valence-electron chi connectivity index (χ3n) is 4.64. The summed E-state index contributed by atoms with van der Waals surface area (Å²) in [4.78, 5) is 18.9. The first-order chi connectivity index (χ1) is 11.6. The predicted molar refractivity (Wildman–Crippen MR) is 90.3 cm³/mol. The second kappa shape index (κ2) is 5.63. The molecule has 1 aromatic carbocycles. The molecular formula is C17H17ClN4O2. The summed E-state index contributed by atoms with van der Waals surface area (Å²) in [5, 5.41) is 15.6. The Labute approximate surface area is 144 Å². The fourth-order valence-electron chi connectivity index (χ4n) is 3.41. The van der Waals surface area contributed by atoms with Gasteiger partial charge in [-0.05, 0) is 43.5 Å². The van der Waals surface area contributed by atoms with Crippen molar-refractivity contribution in [1.29, 1.82) is 0 Å². The molecule has 1 N–H and O–H groups in total. The van der Waals surface area contributed by atoms with Gasteiger partial charge in [0.1, 0.15) is 11.3 Å². The molecule has 1 saturated heterocycles. The van der Waals surface area contributed by atoms with Gasteiger partial charge in [-0.25, -0.2) is 9.67 Å². The summed E-state index contributed by atoms with van der Waals surface area (Å²) < 4.78 is 1.55. The van der Waals surface area contributed by atoms with Gasteiger partial charge in [0, 0.05) is 24.2 Å². The molecule has 1 atom stereocenters. The zero-order valence-electron chi connectivity index (χ0n) is 13.2. The number of halogens is 1. The van der Waals surface area contributed by atoms with E-state index in [9.17, 15) is 9.90 Å². The van der Waals surface area contributed by atoms with Gasteiger partial charge in [-0.1, -0.05) is 11.6 Å². The second-order valence-corrected chi connectivity index (χ2v) is 6.60. The van der Waals surface area contributed by atoms with Crippen LogP contribution in [0.2, 0.25) is 5.02 Å². The maximum atomic E-state index is 12.7. The Kier molecular flexibility index (Phi) is 3.57. The van der Waals surface area contributed by atoms with Crippen LogP contribution in [0.1, 0.15) is 25.1 Å². The molecular weight excluding hydrogens is 328 g/mol. The fourth-order valence-corrected chi connectivity index (χ4v) is 3.54. The number of aliphatic hydroxyl groups is 1. The SMILES string of the molecule is Cn1nc(-c2ccc(Cl)cc2)nc1C1=C(O)C2CCCCN2C1=O. The molecule has 0 bridgehead atoms. The van der Waals surface area contributed by atoms with Crippen LogP contribution in [-0.4, -0.2) is 43.3 Å². The standard InChI is InChI=1S/C17H17ClN4O2/c1-21-16(19-15(20-21)10-5-7-11(18)8-6-10)13-14(23)12-4-2-3-9-22(12)17(13)24/h5-8,12,23H,2-4,9H2,1H3. The summed E-state index contributed by atoms with van der Waals surface area (Å²) in [5.41, 5.74) is 1.08. The van der Waals surface area contributed by atoms with Crippen LogP contribution in [0.4, 0.5) is 0 Å². The molecule has 0 spiro atoms. The molecule has 124 valence electrons. The molecule has 2 aromatic rings. The third kappa shape index (κ3) is 2.29. The first-order valence-electron chi connectivity index (χ1n) is 7.97. The highest BCUT2D eigenvalue weighted by molar-refractivity contribution is 6.30. The van der Waals surface area contributed by atoms with Crippen molar-refractivity contribution >= 4 is 23.1 Å². The van der Waals surface area contributed by atoms with Gasteiger partial charge < -0.3 is 10.0 Å². The minimum atomic E-state index is -0.211. The maximum absolute atomic E-state index is 12.7. The van der Waals surface area contributed by atoms with Gasteiger partial charge in [0.05, 0.1) is 6.04 Å². The lowest BCUT2D eigenvalue weighted by atomic mass is 10.0. The van der Waals surface area contributed by atoms with E-state index >= 15 is 0 Å². The second-order valence-electron chi connectivity index (χ2n) is 6.16. The molecule has 0 radical (unpaired) electrons. The zero-order valence-corrected chi connectivity index (χ0v) is 14.0. The average Bonchev–Trinajstić information content (AvgIpc) is 3.07. The maximum Gasteiger partial charge on any atom is 0.261 e. The number of hydrogen-bond acceptors (Lipinski definition) is 4. The number of aryl methyl sites for hydroxylation is 1. The van der Waals surface area contributed by atoms with E-state index in [-0.39, 0.29) is 23.3 Å². The van der Waals surface area contributed by atoms with Gasteiger partial charge in [-0.3, -0.25) is 4.79 Å². The largest absolute Gasteiger partial charge is 0.509 e. The van der Waals surface area contributed by atoms with Gasteiger partial charge in [-0.15, -0.1) is 0 Å². The first kappa shape index (κ1) is 15.2. The minimum Gasteiger partial charge on any atom is -0.509 e. The molecule has 1 aromatic heterocycles. The Bertz CT molecular complexity index is 841. The number of piperidine rings is 1. The van der Waals surface area contributed by atoms with Crippen molar-refractivity contribution < 1.29 is 9.90 Å². The topological polar surface area (TPSA) is 71.2 Å². The molecule has 7 heteroatoms. The Morgan fingerprint density at radius 2 is 2.00 bits per heavy atom. The van der Waals surface area contributed by atoms with E-state index in [1.54, 1.807) is 28.8 Å². The summed E-state index contributed by atoms with van der Waals surface area (Å²) in [7, 11) is 1.73. The summed E-state index contributed by atoms with van der Waals surface area (Å²) in [5.74, 6) is 0.868. The predicted octanol–water partition coefficient (Wildman–Crippen LogP) is 2.80. The highest BCUT2D eigenvalue weighted by Gasteiger charge is 2.42. The van der Waals surface area contributed by atoms with E-state index in [1.165, 1.54) is 0 Å². The number of aromatic nitrogens is 3.